The van der Waals surface area contributed by atoms with Gasteiger partial charge in [-0.1, -0.05) is 13.8 Å². The molecule has 10 atom stereocenters. The number of aryl methyl sites for hydroxylation is 1. The van der Waals surface area contributed by atoms with Crippen LogP contribution in [0.3, 0.4) is 0 Å². The van der Waals surface area contributed by atoms with E-state index in [2.05, 4.69) is 37.9 Å². The maximum Gasteiger partial charge on any atom is 0.138 e. The number of ether oxygens (including phenoxy) is 2. The lowest BCUT2D eigenvalue weighted by Crippen LogP contribution is -2.57. The quantitative estimate of drug-likeness (QED) is 0.558. The van der Waals surface area contributed by atoms with Gasteiger partial charge in [0.15, 0.2) is 0 Å². The van der Waals surface area contributed by atoms with Gasteiger partial charge >= 0.3 is 0 Å². The van der Waals surface area contributed by atoms with Crippen molar-refractivity contribution in [3.05, 3.63) is 24.0 Å². The van der Waals surface area contributed by atoms with E-state index in [-0.39, 0.29) is 6.10 Å². The molecule has 5 aliphatic carbocycles. The van der Waals surface area contributed by atoms with Gasteiger partial charge in [-0.3, -0.25) is 4.98 Å². The predicted molar refractivity (Wildman–Crippen MR) is 123 cm³/mol. The molecule has 1 heterocycles. The number of aromatic nitrogens is 1. The maximum absolute atomic E-state index is 6.47. The molecule has 3 heteroatoms. The Morgan fingerprint density at radius 1 is 1.06 bits per heavy atom. The summed E-state index contributed by atoms with van der Waals surface area (Å²) in [6.07, 6.45) is 13.8. The van der Waals surface area contributed by atoms with Gasteiger partial charge in [0.1, 0.15) is 5.75 Å². The molecule has 5 saturated carbocycles. The average molecular weight is 424 g/mol. The highest BCUT2D eigenvalue weighted by molar-refractivity contribution is 5.26. The van der Waals surface area contributed by atoms with Crippen molar-refractivity contribution in [2.45, 2.75) is 91.3 Å². The molecule has 3 nitrogen and oxygen atoms in total. The zero-order chi connectivity index (χ0) is 21.6. The highest BCUT2D eigenvalue weighted by Gasteiger charge is 2.77. The van der Waals surface area contributed by atoms with Crippen LogP contribution in [0.15, 0.2) is 18.3 Å². The van der Waals surface area contributed by atoms with Crippen LogP contribution in [0.4, 0.5) is 0 Å². The first-order valence-electron chi connectivity index (χ1n) is 13.0. The van der Waals surface area contributed by atoms with Gasteiger partial charge in [-0.05, 0) is 112 Å². The number of rotatable bonds is 4. The minimum Gasteiger partial charge on any atom is -0.489 e. The van der Waals surface area contributed by atoms with Crippen molar-refractivity contribution >= 4 is 0 Å². The van der Waals surface area contributed by atoms with Crippen LogP contribution in [0.1, 0.15) is 77.8 Å². The van der Waals surface area contributed by atoms with Crippen LogP contribution in [0, 0.1) is 52.8 Å². The van der Waals surface area contributed by atoms with Crippen LogP contribution in [0.25, 0.3) is 0 Å². The molecule has 0 saturated heterocycles. The fourth-order valence-electron chi connectivity index (χ4n) is 10.2. The van der Waals surface area contributed by atoms with Gasteiger partial charge < -0.3 is 9.47 Å². The topological polar surface area (TPSA) is 31.4 Å². The first kappa shape index (κ1) is 20.5. The van der Waals surface area contributed by atoms with Gasteiger partial charge in [-0.15, -0.1) is 0 Å². The third-order valence-electron chi connectivity index (χ3n) is 11.7. The number of hydrogen-bond donors (Lipinski definition) is 0. The van der Waals surface area contributed by atoms with Crippen molar-refractivity contribution in [2.24, 2.45) is 45.8 Å². The lowest BCUT2D eigenvalue weighted by atomic mass is 9.45. The number of pyridine rings is 1. The number of fused-ring (bicyclic) bond motifs is 4. The minimum atomic E-state index is 0.249. The summed E-state index contributed by atoms with van der Waals surface area (Å²) in [6.45, 7) is 9.63. The summed E-state index contributed by atoms with van der Waals surface area (Å²) in [5, 5.41) is 0. The van der Waals surface area contributed by atoms with E-state index in [1.165, 1.54) is 51.4 Å². The third kappa shape index (κ3) is 2.59. The van der Waals surface area contributed by atoms with E-state index in [0.29, 0.717) is 28.3 Å². The van der Waals surface area contributed by atoms with E-state index < -0.39 is 0 Å². The highest BCUT2D eigenvalue weighted by Crippen LogP contribution is 2.82. The van der Waals surface area contributed by atoms with E-state index in [1.54, 1.807) is 0 Å². The molecule has 5 fully saturated rings. The van der Waals surface area contributed by atoms with Gasteiger partial charge in [-0.2, -0.15) is 0 Å². The summed E-state index contributed by atoms with van der Waals surface area (Å²) in [5.41, 5.74) is 2.51. The molecular formula is C28H41NO2. The predicted octanol–water partition coefficient (Wildman–Crippen LogP) is 6.44. The number of hydrogen-bond acceptors (Lipinski definition) is 3. The van der Waals surface area contributed by atoms with Crippen LogP contribution in [-0.2, 0) is 4.74 Å². The monoisotopic (exact) mass is 423 g/mol. The zero-order valence-electron chi connectivity index (χ0n) is 20.2. The van der Waals surface area contributed by atoms with E-state index in [1.807, 2.05) is 20.2 Å². The molecule has 6 rings (SSSR count). The lowest BCUT2D eigenvalue weighted by Gasteiger charge is -2.61. The summed E-state index contributed by atoms with van der Waals surface area (Å²) >= 11 is 0. The van der Waals surface area contributed by atoms with Gasteiger partial charge in [-0.25, -0.2) is 0 Å². The summed E-state index contributed by atoms with van der Waals surface area (Å²) in [7, 11) is 2.00. The Bertz CT molecular complexity index is 853. The van der Waals surface area contributed by atoms with Gasteiger partial charge in [0.2, 0.25) is 0 Å². The summed E-state index contributed by atoms with van der Waals surface area (Å²) < 4.78 is 12.7. The second kappa shape index (κ2) is 6.72. The Balaban J connectivity index is 1.25. The SMILES string of the molecule is COC1C[C@H]2[C@@H]3CC[C@H]([C@H](C)Oc4ccc(C)nc4)[C@@]3(C)CC[C@@H]2[C@@]2(C)CC[C@@H]3C[C@]132. The highest BCUT2D eigenvalue weighted by atomic mass is 16.5. The Morgan fingerprint density at radius 3 is 2.61 bits per heavy atom. The van der Waals surface area contributed by atoms with Crippen LogP contribution in [0.2, 0.25) is 0 Å². The molecule has 1 unspecified atom stereocenters. The fourth-order valence-corrected chi connectivity index (χ4v) is 10.2. The Hall–Kier alpha value is -1.09. The van der Waals surface area contributed by atoms with Crippen molar-refractivity contribution in [3.63, 3.8) is 0 Å². The van der Waals surface area contributed by atoms with Crippen molar-refractivity contribution in [1.82, 2.24) is 4.98 Å². The molecular weight excluding hydrogens is 382 g/mol. The minimum absolute atomic E-state index is 0.249. The Labute approximate surface area is 188 Å². The van der Waals surface area contributed by atoms with Gasteiger partial charge in [0.25, 0.3) is 0 Å². The maximum atomic E-state index is 6.47. The molecule has 0 amide bonds. The second-order valence-corrected chi connectivity index (χ2v) is 12.4. The summed E-state index contributed by atoms with van der Waals surface area (Å²) in [6, 6.07) is 4.14. The molecule has 1 aromatic heterocycles. The van der Waals surface area contributed by atoms with Crippen molar-refractivity contribution < 1.29 is 9.47 Å². The zero-order valence-corrected chi connectivity index (χ0v) is 20.2. The standard InChI is InChI=1S/C28H41NO2/c1-17-6-7-20(16-29-17)31-18(2)22-8-9-23-21-14-25(30-5)28-15-19(28)10-13-27(28,4)24(21)11-12-26(22,23)3/h6-7,16,18-19,21-25H,8-15H2,1-5H3/t18-,19+,21-,22+,23-,24-,25?,26+,27+,28+/m0/s1. The Kier molecular flexibility index (Phi) is 4.44. The molecule has 0 bridgehead atoms. The van der Waals surface area contributed by atoms with Gasteiger partial charge in [0, 0.05) is 24.1 Å². The van der Waals surface area contributed by atoms with Gasteiger partial charge in [0.05, 0.1) is 18.4 Å². The fraction of sp³-hybridized carbons (Fsp3) is 0.821. The largest absolute Gasteiger partial charge is 0.489 e. The second-order valence-electron chi connectivity index (χ2n) is 12.4. The molecule has 0 N–H and O–H groups in total. The van der Waals surface area contributed by atoms with Crippen molar-refractivity contribution in [2.75, 3.05) is 7.11 Å². The van der Waals surface area contributed by atoms with Crippen LogP contribution < -0.4 is 4.74 Å². The van der Waals surface area contributed by atoms with E-state index in [4.69, 9.17) is 9.47 Å². The normalized spacial score (nSPS) is 50.7. The molecule has 170 valence electrons. The average Bonchev–Trinajstić information content (AvgIpc) is 3.26. The van der Waals surface area contributed by atoms with Crippen molar-refractivity contribution in [3.8, 4) is 5.75 Å². The van der Waals surface area contributed by atoms with Crippen LogP contribution in [-0.4, -0.2) is 24.3 Å². The molecule has 0 radical (unpaired) electrons. The van der Waals surface area contributed by atoms with E-state index in [9.17, 15) is 0 Å². The molecule has 5 aliphatic rings. The lowest BCUT2D eigenvalue weighted by molar-refractivity contribution is -0.162. The van der Waals surface area contributed by atoms with Crippen molar-refractivity contribution in [1.29, 1.82) is 0 Å². The van der Waals surface area contributed by atoms with E-state index >= 15 is 0 Å². The summed E-state index contributed by atoms with van der Waals surface area (Å²) in [4.78, 5) is 4.44. The Morgan fingerprint density at radius 2 is 1.90 bits per heavy atom. The van der Waals surface area contributed by atoms with Crippen LogP contribution >= 0.6 is 0 Å². The molecule has 1 aromatic rings. The van der Waals surface area contributed by atoms with E-state index in [0.717, 1.165) is 35.1 Å². The first-order chi connectivity index (χ1) is 14.8. The molecule has 31 heavy (non-hydrogen) atoms. The molecule has 0 aliphatic heterocycles. The molecule has 0 aromatic carbocycles. The number of methoxy groups -OCH3 is 1. The van der Waals surface area contributed by atoms with Crippen LogP contribution in [0.5, 0.6) is 5.75 Å². The third-order valence-corrected chi connectivity index (χ3v) is 11.7. The summed E-state index contributed by atoms with van der Waals surface area (Å²) in [5.74, 6) is 5.13. The number of nitrogens with zero attached hydrogens (tertiary/aromatic N) is 1. The molecule has 1 spiro atoms. The smallest absolute Gasteiger partial charge is 0.138 e. The first-order valence-corrected chi connectivity index (χ1v) is 13.0.